The SMILES string of the molecule is CCCCCCCCCCCCCCCCOC[C@H](CO[P+]([O-])(O)OCC[N+]1(C)CCCCC1)OCCCCCCCCCCCCCCCC. The summed E-state index contributed by atoms with van der Waals surface area (Å²) in [6.45, 7) is 9.44. The summed E-state index contributed by atoms with van der Waals surface area (Å²) in [6, 6.07) is 0. The maximum atomic E-state index is 12.7. The average Bonchev–Trinajstić information content (AvgIpc) is 3.11. The second-order valence-electron chi connectivity index (χ2n) is 16.2. The van der Waals surface area contributed by atoms with E-state index < -0.39 is 8.17 Å². The molecular weight excluding hydrogens is 657 g/mol. The molecule has 1 fully saturated rings. The molecule has 1 aliphatic heterocycles. The number of hydrogen-bond donors (Lipinski definition) is 1. The van der Waals surface area contributed by atoms with E-state index in [9.17, 15) is 9.79 Å². The number of hydrogen-bond acceptors (Lipinski definition) is 6. The number of unbranched alkanes of at least 4 members (excludes halogenated alkanes) is 26. The van der Waals surface area contributed by atoms with Gasteiger partial charge in [0.25, 0.3) is 0 Å². The van der Waals surface area contributed by atoms with Gasteiger partial charge in [-0.25, -0.2) is 0 Å². The first kappa shape index (κ1) is 49.2. The van der Waals surface area contributed by atoms with Crippen LogP contribution in [0.5, 0.6) is 0 Å². The Morgan fingerprint density at radius 1 is 0.510 bits per heavy atom. The number of nitrogens with zero attached hydrogens (tertiary/aromatic N) is 1. The van der Waals surface area contributed by atoms with Gasteiger partial charge in [-0.15, -0.1) is 0 Å². The largest absolute Gasteiger partial charge is 0.606 e. The maximum Gasteiger partial charge on any atom is 0.377 e. The summed E-state index contributed by atoms with van der Waals surface area (Å²) in [7, 11) is -1.93. The predicted molar refractivity (Wildman–Crippen MR) is 217 cm³/mol. The Morgan fingerprint density at radius 2 is 0.902 bits per heavy atom. The van der Waals surface area contributed by atoms with Gasteiger partial charge in [0.05, 0.1) is 26.7 Å². The molecule has 1 unspecified atom stereocenters. The van der Waals surface area contributed by atoms with E-state index in [4.69, 9.17) is 18.5 Å². The molecule has 0 spiro atoms. The number of phosphoric ester groups is 1. The third-order valence-electron chi connectivity index (χ3n) is 11.0. The molecule has 2 atom stereocenters. The number of likely N-dealkylation sites (tertiary alicyclic amines) is 1. The zero-order valence-corrected chi connectivity index (χ0v) is 35.4. The van der Waals surface area contributed by atoms with Crippen molar-refractivity contribution >= 4 is 8.17 Å². The monoisotopic (exact) mass is 747 g/mol. The van der Waals surface area contributed by atoms with Crippen LogP contribution in [-0.4, -0.2) is 75.2 Å². The van der Waals surface area contributed by atoms with Crippen molar-refractivity contribution < 1.29 is 32.8 Å². The van der Waals surface area contributed by atoms with Crippen molar-refractivity contribution in [3.05, 3.63) is 0 Å². The molecule has 0 aromatic carbocycles. The number of likely N-dealkylation sites (N-methyl/N-ethyl adjacent to an activating group) is 1. The number of rotatable bonds is 40. The summed E-state index contributed by atoms with van der Waals surface area (Å²) in [6.07, 6.45) is 40.6. The highest BCUT2D eigenvalue weighted by Crippen LogP contribution is 2.47. The standard InChI is InChI=1S/C43H88NO6P/c1-4-6-8-10-12-14-16-18-20-22-24-26-28-33-38-47-41-43(42-50-51(45,46)49-40-37-44(3)35-31-30-32-36-44)48-39-34-29-27-25-23-21-19-17-15-13-11-9-7-5-2/h43H,4-42H2,1-3H3/p+1/t43-/m1/s1. The van der Waals surface area contributed by atoms with Gasteiger partial charge in [0.15, 0.2) is 0 Å². The molecule has 1 N–H and O–H groups in total. The molecular formula is C43H89NO6P+. The lowest BCUT2D eigenvalue weighted by molar-refractivity contribution is -0.914. The molecule has 0 aliphatic carbocycles. The molecule has 7 nitrogen and oxygen atoms in total. The van der Waals surface area contributed by atoms with E-state index in [-0.39, 0.29) is 19.3 Å². The number of piperidine rings is 1. The Balaban J connectivity index is 2.20. The van der Waals surface area contributed by atoms with Gasteiger partial charge in [-0.3, -0.25) is 0 Å². The van der Waals surface area contributed by atoms with Crippen LogP contribution in [0.3, 0.4) is 0 Å². The van der Waals surface area contributed by atoms with Crippen LogP contribution in [0.25, 0.3) is 0 Å². The highest BCUT2D eigenvalue weighted by molar-refractivity contribution is 7.52. The van der Waals surface area contributed by atoms with Gasteiger partial charge in [0.1, 0.15) is 25.9 Å². The molecule has 0 bridgehead atoms. The fraction of sp³-hybridized carbons (Fsp3) is 1.00. The van der Waals surface area contributed by atoms with Gasteiger partial charge in [-0.05, 0) is 32.1 Å². The zero-order valence-electron chi connectivity index (χ0n) is 34.5. The minimum Gasteiger partial charge on any atom is -0.606 e. The number of phosphoric acid groups is 1. The third kappa shape index (κ3) is 33.2. The molecule has 1 saturated heterocycles. The maximum absolute atomic E-state index is 12.7. The minimum atomic E-state index is -4.14. The first-order valence-electron chi connectivity index (χ1n) is 22.6. The second kappa shape index (κ2) is 35.8. The van der Waals surface area contributed by atoms with Crippen LogP contribution in [0.15, 0.2) is 0 Å². The van der Waals surface area contributed by atoms with Gasteiger partial charge >= 0.3 is 8.17 Å². The summed E-state index contributed by atoms with van der Waals surface area (Å²) < 4.78 is 23.9. The lowest BCUT2D eigenvalue weighted by Gasteiger charge is -2.37. The van der Waals surface area contributed by atoms with E-state index in [2.05, 4.69) is 20.9 Å². The van der Waals surface area contributed by atoms with Crippen molar-refractivity contribution in [2.45, 2.75) is 219 Å². The molecule has 8 heteroatoms. The predicted octanol–water partition coefficient (Wildman–Crippen LogP) is 12.0. The van der Waals surface area contributed by atoms with Crippen LogP contribution in [0.1, 0.15) is 213 Å². The van der Waals surface area contributed by atoms with E-state index in [1.165, 1.54) is 180 Å². The van der Waals surface area contributed by atoms with Crippen molar-refractivity contribution in [2.24, 2.45) is 0 Å². The minimum absolute atomic E-state index is 0.0112. The van der Waals surface area contributed by atoms with E-state index in [1.54, 1.807) is 0 Å². The topological polar surface area (TPSA) is 80.2 Å². The Morgan fingerprint density at radius 3 is 1.33 bits per heavy atom. The van der Waals surface area contributed by atoms with Crippen LogP contribution in [0, 0.1) is 0 Å². The molecule has 1 heterocycles. The molecule has 0 amide bonds. The Bertz CT molecular complexity index is 708. The molecule has 0 aromatic heterocycles. The molecule has 306 valence electrons. The highest BCUT2D eigenvalue weighted by atomic mass is 31.2. The van der Waals surface area contributed by atoms with Crippen molar-refractivity contribution in [3.63, 3.8) is 0 Å². The smallest absolute Gasteiger partial charge is 0.377 e. The van der Waals surface area contributed by atoms with E-state index >= 15 is 0 Å². The van der Waals surface area contributed by atoms with Gasteiger partial charge in [0, 0.05) is 13.2 Å². The van der Waals surface area contributed by atoms with Crippen molar-refractivity contribution in [1.82, 2.24) is 0 Å². The van der Waals surface area contributed by atoms with Crippen LogP contribution < -0.4 is 4.89 Å². The normalized spacial score (nSPS) is 16.4. The van der Waals surface area contributed by atoms with Gasteiger partial charge < -0.3 is 18.9 Å². The van der Waals surface area contributed by atoms with Crippen molar-refractivity contribution in [2.75, 3.05) is 59.7 Å². The van der Waals surface area contributed by atoms with Crippen LogP contribution in [-0.2, 0) is 18.5 Å². The Kier molecular flexibility index (Phi) is 34.5. The summed E-state index contributed by atoms with van der Waals surface area (Å²) in [5.74, 6) is 0. The van der Waals surface area contributed by atoms with E-state index in [0.717, 1.165) is 43.4 Å². The van der Waals surface area contributed by atoms with E-state index in [0.29, 0.717) is 19.8 Å². The summed E-state index contributed by atoms with van der Waals surface area (Å²) in [5, 5.41) is 0. The number of ether oxygens (including phenoxy) is 2. The van der Waals surface area contributed by atoms with Gasteiger partial charge in [-0.2, -0.15) is 13.9 Å². The quantitative estimate of drug-likeness (QED) is 0.0382. The molecule has 1 rings (SSSR count). The third-order valence-corrected chi connectivity index (χ3v) is 12.0. The fourth-order valence-electron chi connectivity index (χ4n) is 7.39. The van der Waals surface area contributed by atoms with Crippen LogP contribution in [0.2, 0.25) is 0 Å². The average molecular weight is 747 g/mol. The molecule has 0 radical (unpaired) electrons. The van der Waals surface area contributed by atoms with Gasteiger partial charge in [0.2, 0.25) is 0 Å². The molecule has 1 aliphatic rings. The Hall–Kier alpha value is 0.150. The van der Waals surface area contributed by atoms with E-state index in [1.807, 2.05) is 0 Å². The lowest BCUT2D eigenvalue weighted by Crippen LogP contribution is -2.49. The second-order valence-corrected chi connectivity index (χ2v) is 17.7. The molecule has 51 heavy (non-hydrogen) atoms. The summed E-state index contributed by atoms with van der Waals surface area (Å²) >= 11 is 0. The van der Waals surface area contributed by atoms with Crippen LogP contribution in [0.4, 0.5) is 0 Å². The molecule has 0 saturated carbocycles. The fourth-order valence-corrected chi connectivity index (χ4v) is 8.14. The van der Waals surface area contributed by atoms with Crippen molar-refractivity contribution in [3.8, 4) is 0 Å². The van der Waals surface area contributed by atoms with Crippen LogP contribution >= 0.6 is 8.17 Å². The van der Waals surface area contributed by atoms with Crippen molar-refractivity contribution in [1.29, 1.82) is 0 Å². The summed E-state index contributed by atoms with van der Waals surface area (Å²) in [4.78, 5) is 23.1. The lowest BCUT2D eigenvalue weighted by atomic mass is 10.0. The van der Waals surface area contributed by atoms with Gasteiger partial charge in [-0.1, -0.05) is 181 Å². The first-order chi connectivity index (χ1) is 24.9. The first-order valence-corrected chi connectivity index (χ1v) is 24.0. The Labute approximate surface area is 319 Å². The number of quaternary nitrogens is 1. The summed E-state index contributed by atoms with van der Waals surface area (Å²) in [5.41, 5.74) is 0. The zero-order chi connectivity index (χ0) is 37.0. The highest BCUT2D eigenvalue weighted by Gasteiger charge is 2.32. The molecule has 0 aromatic rings.